The van der Waals surface area contributed by atoms with Gasteiger partial charge in [-0.1, -0.05) is 49.6 Å². The van der Waals surface area contributed by atoms with E-state index in [1.807, 2.05) is 48.6 Å². The molecule has 0 bridgehead atoms. The Labute approximate surface area is 106 Å². The number of hydrogen-bond acceptors (Lipinski definition) is 0. The lowest BCUT2D eigenvalue weighted by Gasteiger charge is -2.26. The Morgan fingerprint density at radius 2 is 1.06 bits per heavy atom. The highest BCUT2D eigenvalue weighted by molar-refractivity contribution is 4.99. The van der Waals surface area contributed by atoms with E-state index in [4.69, 9.17) is 0 Å². The van der Waals surface area contributed by atoms with E-state index < -0.39 is 0 Å². The predicted molar refractivity (Wildman–Crippen MR) is 68.7 cm³/mol. The summed E-state index contributed by atoms with van der Waals surface area (Å²) in [5, 5.41) is 0. The van der Waals surface area contributed by atoms with Gasteiger partial charge in [-0.3, -0.25) is 0 Å². The van der Waals surface area contributed by atoms with Crippen LogP contribution in [0.25, 0.3) is 0 Å². The van der Waals surface area contributed by atoms with Gasteiger partial charge in [-0.25, -0.2) is 0 Å². The van der Waals surface area contributed by atoms with E-state index >= 15 is 0 Å². The van der Waals surface area contributed by atoms with Crippen molar-refractivity contribution in [3.05, 3.63) is 61.7 Å². The molecule has 1 rings (SSSR count). The van der Waals surface area contributed by atoms with E-state index in [9.17, 15) is 0 Å². The topological polar surface area (TPSA) is 0 Å². The van der Waals surface area contributed by atoms with Crippen molar-refractivity contribution < 1.29 is 16.9 Å². The molecule has 90 valence electrons. The molecule has 0 atom stereocenters. The molecule has 1 aromatic carbocycles. The zero-order valence-electron chi connectivity index (χ0n) is 10.3. The smallest absolute Gasteiger partial charge is 0.0969 e. The molecule has 0 aromatic heterocycles. The van der Waals surface area contributed by atoms with Gasteiger partial charge in [0.15, 0.2) is 0 Å². The Hall–Kier alpha value is -1.05. The molecular weight excluding hydrogens is 218 g/mol. The lowest BCUT2D eigenvalue weighted by Crippen LogP contribution is -3.00. The molecule has 1 aromatic rings. The zero-order chi connectivity index (χ0) is 11.6. The number of halogens is 1. The van der Waals surface area contributed by atoms with Gasteiger partial charge in [0.1, 0.15) is 0 Å². The minimum Gasteiger partial charge on any atom is -1.00 e. The third-order valence-electron chi connectivity index (χ3n) is 1.91. The van der Waals surface area contributed by atoms with Crippen molar-refractivity contribution >= 4 is 0 Å². The molecule has 0 radical (unpaired) electrons. The van der Waals surface area contributed by atoms with Crippen LogP contribution in [0.5, 0.6) is 0 Å². The van der Waals surface area contributed by atoms with Crippen molar-refractivity contribution in [3.8, 4) is 0 Å². The van der Waals surface area contributed by atoms with Crippen LogP contribution in [-0.4, -0.2) is 31.7 Å². The van der Waals surface area contributed by atoms with E-state index in [0.717, 1.165) is 17.6 Å². The van der Waals surface area contributed by atoms with E-state index in [0.29, 0.717) is 0 Å². The van der Waals surface area contributed by atoms with Crippen LogP contribution in [0.4, 0.5) is 0 Å². The molecule has 0 heterocycles. The molecular formula is C14H22ClN. The minimum atomic E-state index is 0. The van der Waals surface area contributed by atoms with Gasteiger partial charge in [-0.15, -0.1) is 0 Å². The maximum absolute atomic E-state index is 3.68. The summed E-state index contributed by atoms with van der Waals surface area (Å²) >= 11 is 0. The van der Waals surface area contributed by atoms with Crippen LogP contribution in [0, 0.1) is 0 Å². The molecule has 0 spiro atoms. The first kappa shape index (κ1) is 17.3. The highest BCUT2D eigenvalue weighted by atomic mass is 35.5. The van der Waals surface area contributed by atoms with Gasteiger partial charge >= 0.3 is 0 Å². The second kappa shape index (κ2) is 10.5. The van der Waals surface area contributed by atoms with Gasteiger partial charge in [0, 0.05) is 0 Å². The zero-order valence-corrected chi connectivity index (χ0v) is 11.0. The van der Waals surface area contributed by atoms with Gasteiger partial charge in [-0.05, 0) is 12.2 Å². The fourth-order valence-electron chi connectivity index (χ4n) is 1.16. The van der Waals surface area contributed by atoms with Crippen LogP contribution < -0.4 is 12.4 Å². The molecule has 16 heavy (non-hydrogen) atoms. The molecule has 0 saturated carbocycles. The minimum absolute atomic E-state index is 0. The molecule has 0 aliphatic carbocycles. The summed E-state index contributed by atoms with van der Waals surface area (Å²) in [7, 11) is 4.31. The molecule has 0 aliphatic heterocycles. The Kier molecular flexibility index (Phi) is 11.3. The Bertz CT molecular complexity index is 229. The van der Waals surface area contributed by atoms with E-state index in [2.05, 4.69) is 27.3 Å². The summed E-state index contributed by atoms with van der Waals surface area (Å²) in [6, 6.07) is 12.0. The SMILES string of the molecule is C=CC[N+](C)(C)CC=C.[Cl-].c1ccccc1. The summed E-state index contributed by atoms with van der Waals surface area (Å²) in [6.45, 7) is 9.37. The standard InChI is InChI=1S/C8H16N.C6H6.ClH/c1-5-7-9(3,4)8-6-2;1-2-4-6-5-3-1;/h5-6H,1-2,7-8H2,3-4H3;1-6H;1H/q+1;;/p-1. The summed E-state index contributed by atoms with van der Waals surface area (Å²) in [6.07, 6.45) is 3.87. The number of nitrogens with zero attached hydrogens (tertiary/aromatic N) is 1. The highest BCUT2D eigenvalue weighted by Crippen LogP contribution is 1.95. The predicted octanol–water partition coefficient (Wildman–Crippen LogP) is 0.125. The average molecular weight is 240 g/mol. The van der Waals surface area contributed by atoms with Crippen molar-refractivity contribution in [2.24, 2.45) is 0 Å². The fourth-order valence-corrected chi connectivity index (χ4v) is 1.16. The molecule has 2 heteroatoms. The first-order valence-electron chi connectivity index (χ1n) is 5.16. The van der Waals surface area contributed by atoms with Gasteiger partial charge < -0.3 is 16.9 Å². The van der Waals surface area contributed by atoms with Crippen LogP contribution in [-0.2, 0) is 0 Å². The van der Waals surface area contributed by atoms with Gasteiger partial charge in [0.2, 0.25) is 0 Å². The fraction of sp³-hybridized carbons (Fsp3) is 0.286. The lowest BCUT2D eigenvalue weighted by molar-refractivity contribution is -0.878. The van der Waals surface area contributed by atoms with Crippen LogP contribution in [0.15, 0.2) is 61.7 Å². The second-order valence-electron chi connectivity index (χ2n) is 4.03. The van der Waals surface area contributed by atoms with E-state index in [1.54, 1.807) is 0 Å². The summed E-state index contributed by atoms with van der Waals surface area (Å²) in [5.41, 5.74) is 0. The van der Waals surface area contributed by atoms with Gasteiger partial charge in [0.25, 0.3) is 0 Å². The van der Waals surface area contributed by atoms with Crippen LogP contribution in [0.1, 0.15) is 0 Å². The van der Waals surface area contributed by atoms with Crippen molar-refractivity contribution in [3.63, 3.8) is 0 Å². The Morgan fingerprint density at radius 1 is 0.812 bits per heavy atom. The summed E-state index contributed by atoms with van der Waals surface area (Å²) in [5.74, 6) is 0. The highest BCUT2D eigenvalue weighted by Gasteiger charge is 2.07. The molecule has 0 amide bonds. The summed E-state index contributed by atoms with van der Waals surface area (Å²) in [4.78, 5) is 0. The Morgan fingerprint density at radius 3 is 1.25 bits per heavy atom. The monoisotopic (exact) mass is 239 g/mol. The van der Waals surface area contributed by atoms with E-state index in [1.165, 1.54) is 0 Å². The van der Waals surface area contributed by atoms with Gasteiger partial charge in [0.05, 0.1) is 27.2 Å². The third-order valence-corrected chi connectivity index (χ3v) is 1.91. The maximum Gasteiger partial charge on any atom is 0.0969 e. The first-order chi connectivity index (χ1) is 7.12. The molecule has 0 unspecified atom stereocenters. The largest absolute Gasteiger partial charge is 1.00 e. The van der Waals surface area contributed by atoms with E-state index in [-0.39, 0.29) is 12.4 Å². The number of rotatable bonds is 4. The third kappa shape index (κ3) is 11.0. The summed E-state index contributed by atoms with van der Waals surface area (Å²) < 4.78 is 0.951. The molecule has 0 saturated heterocycles. The number of quaternary nitrogens is 1. The molecule has 1 nitrogen and oxygen atoms in total. The lowest BCUT2D eigenvalue weighted by atomic mass is 10.4. The van der Waals surface area contributed by atoms with Crippen molar-refractivity contribution in [2.75, 3.05) is 27.2 Å². The van der Waals surface area contributed by atoms with Crippen molar-refractivity contribution in [2.45, 2.75) is 0 Å². The number of benzene rings is 1. The maximum atomic E-state index is 3.68. The molecule has 0 fully saturated rings. The molecule has 0 N–H and O–H groups in total. The van der Waals surface area contributed by atoms with Crippen LogP contribution in [0.3, 0.4) is 0 Å². The van der Waals surface area contributed by atoms with Crippen molar-refractivity contribution in [1.82, 2.24) is 0 Å². The second-order valence-corrected chi connectivity index (χ2v) is 4.03. The Balaban J connectivity index is 0. The first-order valence-corrected chi connectivity index (χ1v) is 5.16. The number of likely N-dealkylation sites (N-methyl/N-ethyl adjacent to an activating group) is 1. The van der Waals surface area contributed by atoms with Crippen molar-refractivity contribution in [1.29, 1.82) is 0 Å². The van der Waals surface area contributed by atoms with Gasteiger partial charge in [-0.2, -0.15) is 0 Å². The average Bonchev–Trinajstić information content (AvgIpc) is 2.21. The molecule has 0 aliphatic rings. The normalized spacial score (nSPS) is 9.12. The van der Waals surface area contributed by atoms with Crippen LogP contribution in [0.2, 0.25) is 0 Å². The number of hydrogen-bond donors (Lipinski definition) is 0. The quantitative estimate of drug-likeness (QED) is 0.518. The van der Waals surface area contributed by atoms with Crippen LogP contribution >= 0.6 is 0 Å².